The lowest BCUT2D eigenvalue weighted by molar-refractivity contribution is -0.136. The number of nitrogens with zero attached hydrogens (tertiary/aromatic N) is 3. The molecule has 0 saturated carbocycles. The molecule has 2 atom stereocenters. The van der Waals surface area contributed by atoms with Gasteiger partial charge in [-0.3, -0.25) is 19.5 Å². The van der Waals surface area contributed by atoms with Gasteiger partial charge in [0.15, 0.2) is 6.61 Å². The molecule has 32 heavy (non-hydrogen) atoms. The molecule has 170 valence electrons. The SMILES string of the molecule is O=C(NCc1cccnc1)[C@@H]1C[C@@H](O)CN1C1CCN(C(=O)COc2ccccc2)CC1. The van der Waals surface area contributed by atoms with Gasteiger partial charge in [0.25, 0.3) is 5.91 Å². The molecular formula is C24H30N4O4. The first-order chi connectivity index (χ1) is 15.6. The third-order valence-corrected chi connectivity index (χ3v) is 6.20. The van der Waals surface area contributed by atoms with Gasteiger partial charge in [0.2, 0.25) is 5.91 Å². The van der Waals surface area contributed by atoms with Gasteiger partial charge in [-0.15, -0.1) is 0 Å². The lowest BCUT2D eigenvalue weighted by atomic mass is 10.0. The van der Waals surface area contributed by atoms with E-state index in [-0.39, 0.29) is 30.5 Å². The molecule has 2 N–H and O–H groups in total. The molecule has 2 fully saturated rings. The summed E-state index contributed by atoms with van der Waals surface area (Å²) in [5, 5.41) is 13.2. The molecule has 2 aliphatic rings. The van der Waals surface area contributed by atoms with Gasteiger partial charge in [0.05, 0.1) is 12.1 Å². The normalized spacial score (nSPS) is 22.0. The summed E-state index contributed by atoms with van der Waals surface area (Å²) in [5.74, 6) is 0.585. The van der Waals surface area contributed by atoms with Crippen molar-refractivity contribution in [2.45, 2.75) is 44.0 Å². The number of hydrogen-bond acceptors (Lipinski definition) is 6. The zero-order chi connectivity index (χ0) is 22.3. The molecule has 2 amide bonds. The van der Waals surface area contributed by atoms with Crippen molar-refractivity contribution in [1.82, 2.24) is 20.1 Å². The Bertz CT molecular complexity index is 887. The number of amides is 2. The average molecular weight is 439 g/mol. The molecule has 0 spiro atoms. The number of piperidine rings is 1. The van der Waals surface area contributed by atoms with Gasteiger partial charge in [-0.25, -0.2) is 0 Å². The van der Waals surface area contributed by atoms with Crippen LogP contribution >= 0.6 is 0 Å². The molecule has 8 heteroatoms. The Morgan fingerprint density at radius 3 is 2.62 bits per heavy atom. The van der Waals surface area contributed by atoms with Crippen LogP contribution in [0.25, 0.3) is 0 Å². The quantitative estimate of drug-likeness (QED) is 0.675. The van der Waals surface area contributed by atoms with E-state index in [2.05, 4.69) is 15.2 Å². The first-order valence-electron chi connectivity index (χ1n) is 11.2. The first-order valence-corrected chi connectivity index (χ1v) is 11.2. The maximum Gasteiger partial charge on any atom is 0.260 e. The Morgan fingerprint density at radius 2 is 1.91 bits per heavy atom. The number of β-amino-alcohol motifs (C(OH)–C–C–N with tert-alkyl or cyclic N) is 1. The third kappa shape index (κ3) is 5.63. The number of carbonyl (C=O) groups excluding carboxylic acids is 2. The number of benzene rings is 1. The molecule has 1 aromatic carbocycles. The number of likely N-dealkylation sites (tertiary alicyclic amines) is 2. The highest BCUT2D eigenvalue weighted by molar-refractivity contribution is 5.82. The number of ether oxygens (including phenoxy) is 1. The van der Waals surface area contributed by atoms with E-state index in [1.807, 2.05) is 47.4 Å². The molecule has 2 saturated heterocycles. The van der Waals surface area contributed by atoms with Crippen molar-refractivity contribution in [2.24, 2.45) is 0 Å². The molecule has 4 rings (SSSR count). The van der Waals surface area contributed by atoms with E-state index in [0.29, 0.717) is 38.3 Å². The topological polar surface area (TPSA) is 95.0 Å². The van der Waals surface area contributed by atoms with E-state index in [9.17, 15) is 14.7 Å². The third-order valence-electron chi connectivity index (χ3n) is 6.20. The predicted molar refractivity (Wildman–Crippen MR) is 119 cm³/mol. The van der Waals surface area contributed by atoms with Crippen molar-refractivity contribution in [3.8, 4) is 5.75 Å². The van der Waals surface area contributed by atoms with Crippen LogP contribution in [0.1, 0.15) is 24.8 Å². The Balaban J connectivity index is 1.26. The second-order valence-electron chi connectivity index (χ2n) is 8.39. The molecule has 3 heterocycles. The van der Waals surface area contributed by atoms with E-state index in [0.717, 1.165) is 18.4 Å². The maximum absolute atomic E-state index is 12.8. The predicted octanol–water partition coefficient (Wildman–Crippen LogP) is 1.20. The van der Waals surface area contributed by atoms with Crippen LogP contribution in [0.3, 0.4) is 0 Å². The number of aliphatic hydroxyl groups excluding tert-OH is 1. The van der Waals surface area contributed by atoms with E-state index in [1.54, 1.807) is 12.4 Å². The van der Waals surface area contributed by atoms with Crippen LogP contribution in [0.5, 0.6) is 5.75 Å². The van der Waals surface area contributed by atoms with Crippen molar-refractivity contribution in [1.29, 1.82) is 0 Å². The monoisotopic (exact) mass is 438 g/mol. The van der Waals surface area contributed by atoms with Gasteiger partial charge in [0, 0.05) is 44.6 Å². The van der Waals surface area contributed by atoms with Crippen LogP contribution in [0, 0.1) is 0 Å². The first kappa shape index (κ1) is 22.2. The van der Waals surface area contributed by atoms with Crippen LogP contribution in [0.2, 0.25) is 0 Å². The minimum atomic E-state index is -0.511. The summed E-state index contributed by atoms with van der Waals surface area (Å²) in [4.78, 5) is 33.4. The Kier molecular flexibility index (Phi) is 7.34. The van der Waals surface area contributed by atoms with Crippen LogP contribution in [-0.2, 0) is 16.1 Å². The van der Waals surface area contributed by atoms with E-state index >= 15 is 0 Å². The molecule has 0 aliphatic carbocycles. The van der Waals surface area contributed by atoms with Crippen LogP contribution in [0.4, 0.5) is 0 Å². The Hall–Kier alpha value is -2.97. The molecule has 8 nitrogen and oxygen atoms in total. The second-order valence-corrected chi connectivity index (χ2v) is 8.39. The summed E-state index contributed by atoms with van der Waals surface area (Å²) >= 11 is 0. The van der Waals surface area contributed by atoms with Gasteiger partial charge in [0.1, 0.15) is 5.75 Å². The van der Waals surface area contributed by atoms with Gasteiger partial charge in [-0.05, 0) is 43.0 Å². The van der Waals surface area contributed by atoms with E-state index < -0.39 is 6.10 Å². The van der Waals surface area contributed by atoms with Gasteiger partial charge in [-0.1, -0.05) is 24.3 Å². The lowest BCUT2D eigenvalue weighted by Gasteiger charge is -2.38. The van der Waals surface area contributed by atoms with Crippen molar-refractivity contribution in [3.05, 3.63) is 60.4 Å². The molecule has 0 unspecified atom stereocenters. The standard InChI is InChI=1S/C24H30N4O4/c29-20-13-22(24(31)26-15-18-5-4-10-25-14-18)28(16-20)19-8-11-27(12-9-19)23(30)17-32-21-6-2-1-3-7-21/h1-7,10,14,19-20,22,29H,8-9,11-13,15-17H2,(H,26,31)/t20-,22+/m1/s1. The molecule has 2 aliphatic heterocycles. The number of pyridine rings is 1. The zero-order valence-electron chi connectivity index (χ0n) is 18.1. The minimum absolute atomic E-state index is 0.0243. The summed E-state index contributed by atoms with van der Waals surface area (Å²) in [6.45, 7) is 2.18. The number of rotatable bonds is 7. The zero-order valence-corrected chi connectivity index (χ0v) is 18.1. The Morgan fingerprint density at radius 1 is 1.12 bits per heavy atom. The average Bonchev–Trinajstić information content (AvgIpc) is 3.24. The fourth-order valence-electron chi connectivity index (χ4n) is 4.51. The summed E-state index contributed by atoms with van der Waals surface area (Å²) in [5.41, 5.74) is 0.940. The molecule has 2 aromatic rings. The number of hydrogen-bond donors (Lipinski definition) is 2. The van der Waals surface area contributed by atoms with Crippen molar-refractivity contribution in [2.75, 3.05) is 26.2 Å². The highest BCUT2D eigenvalue weighted by Gasteiger charge is 2.40. The summed E-state index contributed by atoms with van der Waals surface area (Å²) in [6, 6.07) is 12.9. The fourth-order valence-corrected chi connectivity index (χ4v) is 4.51. The number of aliphatic hydroxyl groups is 1. The number of nitrogens with one attached hydrogen (secondary N) is 1. The van der Waals surface area contributed by atoms with Crippen molar-refractivity contribution < 1.29 is 19.4 Å². The highest BCUT2D eigenvalue weighted by Crippen LogP contribution is 2.27. The van der Waals surface area contributed by atoms with Gasteiger partial charge < -0.3 is 20.1 Å². The lowest BCUT2D eigenvalue weighted by Crippen LogP contribution is -2.52. The maximum atomic E-state index is 12.8. The van der Waals surface area contributed by atoms with Crippen molar-refractivity contribution in [3.63, 3.8) is 0 Å². The summed E-state index contributed by atoms with van der Waals surface area (Å²) in [7, 11) is 0. The molecular weight excluding hydrogens is 408 g/mol. The number of carbonyl (C=O) groups is 2. The molecule has 1 aromatic heterocycles. The second kappa shape index (κ2) is 10.6. The highest BCUT2D eigenvalue weighted by atomic mass is 16.5. The van der Waals surface area contributed by atoms with Crippen LogP contribution < -0.4 is 10.1 Å². The van der Waals surface area contributed by atoms with Gasteiger partial charge >= 0.3 is 0 Å². The minimum Gasteiger partial charge on any atom is -0.484 e. The van der Waals surface area contributed by atoms with Crippen molar-refractivity contribution >= 4 is 11.8 Å². The molecule has 0 bridgehead atoms. The van der Waals surface area contributed by atoms with E-state index in [4.69, 9.17) is 4.74 Å². The largest absolute Gasteiger partial charge is 0.484 e. The fraction of sp³-hybridized carbons (Fsp3) is 0.458. The van der Waals surface area contributed by atoms with E-state index in [1.165, 1.54) is 0 Å². The number of para-hydroxylation sites is 1. The van der Waals surface area contributed by atoms with Crippen LogP contribution in [0.15, 0.2) is 54.9 Å². The summed E-state index contributed by atoms with van der Waals surface area (Å²) in [6.07, 6.45) is 4.90. The van der Waals surface area contributed by atoms with Crippen LogP contribution in [-0.4, -0.2) is 76.1 Å². The smallest absolute Gasteiger partial charge is 0.260 e. The van der Waals surface area contributed by atoms with Gasteiger partial charge in [-0.2, -0.15) is 0 Å². The number of aromatic nitrogens is 1. The summed E-state index contributed by atoms with van der Waals surface area (Å²) < 4.78 is 5.58. The molecule has 0 radical (unpaired) electrons. The Labute approximate surface area is 188 Å².